The van der Waals surface area contributed by atoms with Crippen molar-refractivity contribution in [2.75, 3.05) is 9.80 Å². The maximum absolute atomic E-state index is 12.8. The van der Waals surface area contributed by atoms with E-state index < -0.39 is 0 Å². The van der Waals surface area contributed by atoms with Crippen molar-refractivity contribution in [3.05, 3.63) is 84.9 Å². The lowest BCUT2D eigenvalue weighted by Gasteiger charge is -2.25. The van der Waals surface area contributed by atoms with Gasteiger partial charge in [-0.25, -0.2) is 0 Å². The maximum Gasteiger partial charge on any atom is 0.241 e. The van der Waals surface area contributed by atoms with Crippen LogP contribution >= 0.6 is 0 Å². The van der Waals surface area contributed by atoms with Crippen molar-refractivity contribution >= 4 is 34.6 Å². The molecule has 0 saturated heterocycles. The molecule has 4 rings (SSSR count). The molecule has 4 nitrogen and oxygen atoms in total. The van der Waals surface area contributed by atoms with E-state index in [2.05, 4.69) is 0 Å². The molecule has 1 heterocycles. The van der Waals surface area contributed by atoms with Crippen LogP contribution in [-0.4, -0.2) is 11.8 Å². The number of nitrogens with zero attached hydrogens (tertiary/aromatic N) is 2. The van der Waals surface area contributed by atoms with Gasteiger partial charge in [-0.1, -0.05) is 48.5 Å². The number of amides is 2. The normalized spacial score (nSPS) is 14.2. The van der Waals surface area contributed by atoms with Crippen LogP contribution in [0.5, 0.6) is 0 Å². The first-order valence-corrected chi connectivity index (χ1v) is 8.11. The van der Waals surface area contributed by atoms with Crippen LogP contribution < -0.4 is 9.80 Å². The number of hydrogen-bond donors (Lipinski definition) is 0. The fraction of sp³-hybridized carbons (Fsp3) is 0.0476. The van der Waals surface area contributed by atoms with E-state index in [9.17, 15) is 9.59 Å². The smallest absolute Gasteiger partial charge is 0.241 e. The van der Waals surface area contributed by atoms with E-state index in [1.807, 2.05) is 84.9 Å². The van der Waals surface area contributed by atoms with Gasteiger partial charge in [-0.3, -0.25) is 19.4 Å². The third-order valence-electron chi connectivity index (χ3n) is 4.19. The largest absolute Gasteiger partial charge is 0.278 e. The lowest BCUT2D eigenvalue weighted by molar-refractivity contribution is -0.125. The van der Waals surface area contributed by atoms with E-state index in [1.165, 1.54) is 0 Å². The Bertz CT molecular complexity index is 846. The molecular formula is C21H16N2O2. The molecule has 1 aliphatic rings. The molecule has 2 amide bonds. The Balaban J connectivity index is 1.93. The van der Waals surface area contributed by atoms with Gasteiger partial charge in [0, 0.05) is 11.4 Å². The standard InChI is InChI=1S/C21H16N2O2/c24-20-15-21(25)23(17-11-5-2-6-12-17)19-14-8-7-13-18(19)22(20)16-9-3-1-4-10-16/h1-14H,15H2. The number of para-hydroxylation sites is 4. The molecule has 3 aromatic carbocycles. The number of carbonyl (C=O) groups is 2. The van der Waals surface area contributed by atoms with Crippen LogP contribution in [0, 0.1) is 0 Å². The zero-order chi connectivity index (χ0) is 17.2. The van der Waals surface area contributed by atoms with Crippen LogP contribution in [0.1, 0.15) is 6.42 Å². The van der Waals surface area contributed by atoms with Crippen molar-refractivity contribution < 1.29 is 9.59 Å². The second-order valence-electron chi connectivity index (χ2n) is 5.79. The second kappa shape index (κ2) is 6.24. The summed E-state index contributed by atoms with van der Waals surface area (Å²) in [4.78, 5) is 28.9. The van der Waals surface area contributed by atoms with E-state index in [-0.39, 0.29) is 18.2 Å². The van der Waals surface area contributed by atoms with E-state index >= 15 is 0 Å². The van der Waals surface area contributed by atoms with Crippen LogP contribution in [0.2, 0.25) is 0 Å². The fourth-order valence-corrected chi connectivity index (χ4v) is 3.12. The van der Waals surface area contributed by atoms with Crippen LogP contribution in [0.3, 0.4) is 0 Å². The van der Waals surface area contributed by atoms with Gasteiger partial charge in [-0.15, -0.1) is 0 Å². The predicted molar refractivity (Wildman–Crippen MR) is 98.2 cm³/mol. The zero-order valence-corrected chi connectivity index (χ0v) is 13.5. The zero-order valence-electron chi connectivity index (χ0n) is 13.5. The van der Waals surface area contributed by atoms with E-state index in [0.29, 0.717) is 11.4 Å². The van der Waals surface area contributed by atoms with Crippen LogP contribution in [0.15, 0.2) is 84.9 Å². The van der Waals surface area contributed by atoms with Gasteiger partial charge in [0.05, 0.1) is 11.4 Å². The summed E-state index contributed by atoms with van der Waals surface area (Å²) < 4.78 is 0. The van der Waals surface area contributed by atoms with Crippen molar-refractivity contribution in [1.29, 1.82) is 0 Å². The summed E-state index contributed by atoms with van der Waals surface area (Å²) in [5.74, 6) is -0.468. The Morgan fingerprint density at radius 2 is 0.880 bits per heavy atom. The molecule has 3 aromatic rings. The highest BCUT2D eigenvalue weighted by atomic mass is 16.2. The Morgan fingerprint density at radius 3 is 1.28 bits per heavy atom. The highest BCUT2D eigenvalue weighted by molar-refractivity contribution is 6.20. The Hall–Kier alpha value is -3.40. The van der Waals surface area contributed by atoms with Gasteiger partial charge in [-0.2, -0.15) is 0 Å². The van der Waals surface area contributed by atoms with Crippen molar-refractivity contribution in [3.63, 3.8) is 0 Å². The monoisotopic (exact) mass is 328 g/mol. The molecule has 0 unspecified atom stereocenters. The maximum atomic E-state index is 12.8. The molecule has 122 valence electrons. The number of carbonyl (C=O) groups excluding carboxylic acids is 2. The molecule has 0 saturated carbocycles. The quantitative estimate of drug-likeness (QED) is 0.653. The Labute approximate surface area is 145 Å². The molecule has 25 heavy (non-hydrogen) atoms. The summed E-state index contributed by atoms with van der Waals surface area (Å²) in [5.41, 5.74) is 2.91. The lowest BCUT2D eigenvalue weighted by atomic mass is 10.2. The molecule has 1 aliphatic heterocycles. The second-order valence-corrected chi connectivity index (χ2v) is 5.79. The minimum absolute atomic E-state index is 0.182. The number of benzene rings is 3. The van der Waals surface area contributed by atoms with Gasteiger partial charge in [0.25, 0.3) is 0 Å². The fourth-order valence-electron chi connectivity index (χ4n) is 3.12. The molecule has 0 atom stereocenters. The average Bonchev–Trinajstić information content (AvgIpc) is 2.76. The van der Waals surface area contributed by atoms with E-state index in [1.54, 1.807) is 9.80 Å². The van der Waals surface area contributed by atoms with Crippen molar-refractivity contribution in [2.45, 2.75) is 6.42 Å². The van der Waals surface area contributed by atoms with Crippen molar-refractivity contribution in [1.82, 2.24) is 0 Å². The van der Waals surface area contributed by atoms with E-state index in [4.69, 9.17) is 0 Å². The highest BCUT2D eigenvalue weighted by Gasteiger charge is 2.32. The Morgan fingerprint density at radius 1 is 0.520 bits per heavy atom. The summed E-state index contributed by atoms with van der Waals surface area (Å²) in [6, 6.07) is 26.3. The van der Waals surface area contributed by atoms with E-state index in [0.717, 1.165) is 11.4 Å². The summed E-state index contributed by atoms with van der Waals surface area (Å²) in [6.07, 6.45) is -0.182. The Kier molecular flexibility index (Phi) is 3.78. The van der Waals surface area contributed by atoms with Gasteiger partial charge in [0.1, 0.15) is 6.42 Å². The van der Waals surface area contributed by atoms with Gasteiger partial charge >= 0.3 is 0 Å². The van der Waals surface area contributed by atoms with Crippen LogP contribution in [0.4, 0.5) is 22.7 Å². The molecule has 0 aromatic heterocycles. The van der Waals surface area contributed by atoms with Gasteiger partial charge in [-0.05, 0) is 36.4 Å². The van der Waals surface area contributed by atoms with Gasteiger partial charge < -0.3 is 0 Å². The summed E-state index contributed by atoms with van der Waals surface area (Å²) in [5, 5.41) is 0. The molecule has 0 radical (unpaired) electrons. The summed E-state index contributed by atoms with van der Waals surface area (Å²) in [7, 11) is 0. The topological polar surface area (TPSA) is 40.6 Å². The minimum Gasteiger partial charge on any atom is -0.278 e. The number of hydrogen-bond acceptors (Lipinski definition) is 2. The average molecular weight is 328 g/mol. The van der Waals surface area contributed by atoms with Crippen LogP contribution in [-0.2, 0) is 9.59 Å². The molecular weight excluding hydrogens is 312 g/mol. The number of rotatable bonds is 2. The third kappa shape index (κ3) is 2.68. The molecule has 4 heteroatoms. The lowest BCUT2D eigenvalue weighted by Crippen LogP contribution is -2.28. The third-order valence-corrected chi connectivity index (χ3v) is 4.19. The number of anilines is 4. The van der Waals surface area contributed by atoms with Gasteiger partial charge in [0.15, 0.2) is 0 Å². The number of fused-ring (bicyclic) bond motifs is 1. The molecule has 0 bridgehead atoms. The van der Waals surface area contributed by atoms with Gasteiger partial charge in [0.2, 0.25) is 11.8 Å². The summed E-state index contributed by atoms with van der Waals surface area (Å²) >= 11 is 0. The minimum atomic E-state index is -0.234. The molecule has 0 fully saturated rings. The molecule has 0 N–H and O–H groups in total. The summed E-state index contributed by atoms with van der Waals surface area (Å²) in [6.45, 7) is 0. The molecule has 0 spiro atoms. The van der Waals surface area contributed by atoms with Crippen molar-refractivity contribution in [2.24, 2.45) is 0 Å². The first-order valence-electron chi connectivity index (χ1n) is 8.11. The first kappa shape index (κ1) is 15.1. The molecule has 0 aliphatic carbocycles. The van der Waals surface area contributed by atoms with Crippen molar-refractivity contribution in [3.8, 4) is 0 Å². The first-order chi connectivity index (χ1) is 12.3. The highest BCUT2D eigenvalue weighted by Crippen LogP contribution is 2.40. The SMILES string of the molecule is O=C1CC(=O)N(c2ccccc2)c2ccccc2N1c1ccccc1. The predicted octanol–water partition coefficient (Wildman–Crippen LogP) is 4.42. The van der Waals surface area contributed by atoms with Crippen LogP contribution in [0.25, 0.3) is 0 Å².